The second kappa shape index (κ2) is 5.74. The van der Waals surface area contributed by atoms with Gasteiger partial charge in [0.25, 0.3) is 0 Å². The van der Waals surface area contributed by atoms with Gasteiger partial charge in [-0.3, -0.25) is 0 Å². The molecule has 2 aromatic rings. The van der Waals surface area contributed by atoms with Crippen LogP contribution in [0, 0.1) is 0 Å². The molecular weight excluding hydrogens is 266 g/mol. The molecule has 1 aliphatic carbocycles. The molecule has 2 aromatic carbocycles. The minimum atomic E-state index is 0.757. The lowest BCUT2D eigenvalue weighted by Crippen LogP contribution is -1.93. The summed E-state index contributed by atoms with van der Waals surface area (Å²) in [5, 5.41) is 0. The van der Waals surface area contributed by atoms with Crippen LogP contribution in [-0.2, 0) is 12.6 Å². The average Bonchev–Trinajstić information content (AvgIpc) is 2.89. The van der Waals surface area contributed by atoms with Gasteiger partial charge >= 0.3 is 0 Å². The predicted octanol–water partition coefficient (Wildman–Crippen LogP) is 4.63. The maximum Gasteiger partial charge on any atom is -0.0121 e. The number of hydrogen-bond donors (Lipinski definition) is 0. The highest BCUT2D eigenvalue weighted by atomic mass is 31.0. The fourth-order valence-corrected chi connectivity index (χ4v) is 3.75. The Labute approximate surface area is 120 Å². The number of hydrogen-bond acceptors (Lipinski definition) is 0. The van der Waals surface area contributed by atoms with Gasteiger partial charge in [0, 0.05) is 0 Å². The van der Waals surface area contributed by atoms with Crippen molar-refractivity contribution < 1.29 is 0 Å². The molecule has 3 unspecified atom stereocenters. The molecule has 2 heteroatoms. The van der Waals surface area contributed by atoms with Crippen LogP contribution in [0.5, 0.6) is 0 Å². The number of rotatable bonds is 3. The summed E-state index contributed by atoms with van der Waals surface area (Å²) in [4.78, 5) is 0. The van der Waals surface area contributed by atoms with E-state index in [1.54, 1.807) is 11.1 Å². The second-order valence-corrected chi connectivity index (χ2v) is 6.17. The Morgan fingerprint density at radius 1 is 1.00 bits per heavy atom. The monoisotopic (exact) mass is 286 g/mol. The van der Waals surface area contributed by atoms with Crippen molar-refractivity contribution in [1.82, 2.24) is 0 Å². The smallest absolute Gasteiger partial charge is 0.0121 e. The third-order valence-electron chi connectivity index (χ3n) is 4.13. The molecule has 0 saturated carbocycles. The molecule has 0 radical (unpaired) electrons. The summed E-state index contributed by atoms with van der Waals surface area (Å²) in [5.74, 6) is 0.757. The third kappa shape index (κ3) is 2.62. The first-order valence-corrected chi connectivity index (χ1v) is 8.57. The van der Waals surface area contributed by atoms with Crippen molar-refractivity contribution in [1.29, 1.82) is 0 Å². The number of aryl methyl sites for hydroxylation is 1. The maximum atomic E-state index is 2.89. The van der Waals surface area contributed by atoms with E-state index < -0.39 is 0 Å². The summed E-state index contributed by atoms with van der Waals surface area (Å²) in [7, 11) is 5.69. The van der Waals surface area contributed by atoms with Gasteiger partial charge in [0.05, 0.1) is 0 Å². The van der Waals surface area contributed by atoms with Crippen molar-refractivity contribution in [2.75, 3.05) is 6.16 Å². The topological polar surface area (TPSA) is 0 Å². The van der Waals surface area contributed by atoms with Crippen LogP contribution < -0.4 is 0 Å². The van der Waals surface area contributed by atoms with Gasteiger partial charge in [-0.05, 0) is 58.9 Å². The van der Waals surface area contributed by atoms with Crippen LogP contribution in [0.1, 0.15) is 29.0 Å². The SMILES string of the molecule is PCc1cccc(-c2ccc3c(c2)CCC3CP)c1. The molecule has 0 heterocycles. The molecule has 0 bridgehead atoms. The van der Waals surface area contributed by atoms with Crippen LogP contribution in [0.4, 0.5) is 0 Å². The standard InChI is InChI=1S/C17H20P2/c18-10-12-2-1-3-13(8-12)14-6-7-17-15(9-14)4-5-16(17)11-19/h1-3,6-9,16H,4-5,10-11,18-19H2. The zero-order chi connectivity index (χ0) is 13.2. The highest BCUT2D eigenvalue weighted by Crippen LogP contribution is 2.36. The van der Waals surface area contributed by atoms with Crippen LogP contribution in [0.15, 0.2) is 42.5 Å². The normalized spacial score (nSPS) is 17.5. The van der Waals surface area contributed by atoms with Crippen molar-refractivity contribution in [3.8, 4) is 11.1 Å². The first kappa shape index (κ1) is 13.3. The predicted molar refractivity (Wildman–Crippen MR) is 90.9 cm³/mol. The lowest BCUT2D eigenvalue weighted by Gasteiger charge is -2.10. The fraction of sp³-hybridized carbons (Fsp3) is 0.294. The molecule has 1 aliphatic rings. The lowest BCUT2D eigenvalue weighted by molar-refractivity contribution is 0.757. The lowest BCUT2D eigenvalue weighted by atomic mass is 9.97. The summed E-state index contributed by atoms with van der Waals surface area (Å²) in [5.41, 5.74) is 7.22. The number of fused-ring (bicyclic) bond motifs is 1. The summed E-state index contributed by atoms with van der Waals surface area (Å²) in [6, 6.07) is 15.9. The second-order valence-electron chi connectivity index (χ2n) is 5.29. The first-order valence-electron chi connectivity index (χ1n) is 6.94. The zero-order valence-electron chi connectivity index (χ0n) is 11.1. The Morgan fingerprint density at radius 3 is 2.63 bits per heavy atom. The van der Waals surface area contributed by atoms with Gasteiger partial charge in [0.15, 0.2) is 0 Å². The van der Waals surface area contributed by atoms with Gasteiger partial charge in [0.2, 0.25) is 0 Å². The Morgan fingerprint density at radius 2 is 1.84 bits per heavy atom. The maximum absolute atomic E-state index is 2.89. The van der Waals surface area contributed by atoms with E-state index in [1.807, 2.05) is 0 Å². The van der Waals surface area contributed by atoms with Crippen LogP contribution in [0.2, 0.25) is 0 Å². The molecule has 0 fully saturated rings. The van der Waals surface area contributed by atoms with Crippen molar-refractivity contribution in [3.63, 3.8) is 0 Å². The molecule has 0 nitrogen and oxygen atoms in total. The first-order chi connectivity index (χ1) is 9.31. The van der Waals surface area contributed by atoms with Crippen LogP contribution >= 0.6 is 18.5 Å². The van der Waals surface area contributed by atoms with Crippen molar-refractivity contribution in [2.45, 2.75) is 24.9 Å². The van der Waals surface area contributed by atoms with Gasteiger partial charge in [-0.1, -0.05) is 42.5 Å². The highest BCUT2D eigenvalue weighted by Gasteiger charge is 2.21. The largest absolute Gasteiger partial charge is 0.137 e. The Bertz CT molecular complexity index is 590. The minimum Gasteiger partial charge on any atom is -0.137 e. The van der Waals surface area contributed by atoms with E-state index in [1.165, 1.54) is 35.7 Å². The van der Waals surface area contributed by atoms with Gasteiger partial charge in [-0.2, -0.15) is 0 Å². The molecule has 0 aromatic heterocycles. The van der Waals surface area contributed by atoms with E-state index in [-0.39, 0.29) is 0 Å². The van der Waals surface area contributed by atoms with Gasteiger partial charge in [-0.15, -0.1) is 18.5 Å². The molecule has 0 spiro atoms. The molecule has 98 valence electrons. The fourth-order valence-electron chi connectivity index (χ4n) is 3.01. The van der Waals surface area contributed by atoms with Crippen LogP contribution in [-0.4, -0.2) is 6.16 Å². The molecule has 0 amide bonds. The van der Waals surface area contributed by atoms with E-state index in [0.717, 1.165) is 12.1 Å². The Hall–Kier alpha value is -0.700. The summed E-state index contributed by atoms with van der Waals surface area (Å²) >= 11 is 0. The zero-order valence-corrected chi connectivity index (χ0v) is 13.4. The van der Waals surface area contributed by atoms with E-state index in [4.69, 9.17) is 0 Å². The Kier molecular flexibility index (Phi) is 4.01. The molecular formula is C17H20P2. The van der Waals surface area contributed by atoms with Gasteiger partial charge in [-0.25, -0.2) is 0 Å². The van der Waals surface area contributed by atoms with Gasteiger partial charge in [0.1, 0.15) is 0 Å². The molecule has 3 rings (SSSR count). The van der Waals surface area contributed by atoms with Crippen LogP contribution in [0.3, 0.4) is 0 Å². The van der Waals surface area contributed by atoms with Crippen molar-refractivity contribution in [3.05, 3.63) is 59.2 Å². The van der Waals surface area contributed by atoms with E-state index in [0.29, 0.717) is 0 Å². The van der Waals surface area contributed by atoms with E-state index in [2.05, 4.69) is 60.9 Å². The molecule has 0 saturated heterocycles. The summed E-state index contributed by atoms with van der Waals surface area (Å²) < 4.78 is 0. The highest BCUT2D eigenvalue weighted by molar-refractivity contribution is 7.16. The van der Waals surface area contributed by atoms with E-state index >= 15 is 0 Å². The quantitative estimate of drug-likeness (QED) is 0.721. The molecule has 0 aliphatic heterocycles. The third-order valence-corrected chi connectivity index (χ3v) is 5.17. The van der Waals surface area contributed by atoms with Crippen LogP contribution in [0.25, 0.3) is 11.1 Å². The van der Waals surface area contributed by atoms with Gasteiger partial charge < -0.3 is 0 Å². The minimum absolute atomic E-state index is 0.757. The van der Waals surface area contributed by atoms with E-state index in [9.17, 15) is 0 Å². The number of benzene rings is 2. The van der Waals surface area contributed by atoms with Crippen molar-refractivity contribution in [2.24, 2.45) is 0 Å². The summed E-state index contributed by atoms with van der Waals surface area (Å²) in [6.07, 6.45) is 4.77. The molecule has 3 atom stereocenters. The molecule has 0 N–H and O–H groups in total. The summed E-state index contributed by atoms with van der Waals surface area (Å²) in [6.45, 7) is 0. The Balaban J connectivity index is 1.98. The average molecular weight is 286 g/mol. The molecule has 19 heavy (non-hydrogen) atoms. The van der Waals surface area contributed by atoms with Crippen molar-refractivity contribution >= 4 is 18.5 Å².